The largest absolute Gasteiger partial charge is 0.503 e. The van der Waals surface area contributed by atoms with E-state index in [9.17, 15) is 28.7 Å². The number of benzene rings is 3. The molecular formula is C33H22Br3Cl2FN2O6. The molecule has 242 valence electrons. The molecule has 6 atom stereocenters. The van der Waals surface area contributed by atoms with Gasteiger partial charge in [-0.2, -0.15) is 0 Å². The lowest BCUT2D eigenvalue weighted by molar-refractivity contribution is -0.125. The zero-order valence-electron chi connectivity index (χ0n) is 24.1. The number of fused-ring (bicyclic) bond motifs is 4. The summed E-state index contributed by atoms with van der Waals surface area (Å²) in [5, 5.41) is 10.8. The average Bonchev–Trinajstić information content (AvgIpc) is 3.39. The maximum atomic E-state index is 14.6. The summed E-state index contributed by atoms with van der Waals surface area (Å²) in [6, 6.07) is 13.1. The number of carbonyl (C=O) groups is 4. The van der Waals surface area contributed by atoms with Crippen LogP contribution in [0.1, 0.15) is 24.3 Å². The maximum absolute atomic E-state index is 14.6. The fraction of sp³-hybridized carbons (Fsp3) is 0.273. The van der Waals surface area contributed by atoms with Gasteiger partial charge in [0, 0.05) is 14.9 Å². The number of alkyl halides is 2. The zero-order chi connectivity index (χ0) is 33.7. The maximum Gasteiger partial charge on any atom is 0.258 e. The molecule has 3 aromatic carbocycles. The summed E-state index contributed by atoms with van der Waals surface area (Å²) < 4.78 is 20.6. The van der Waals surface area contributed by atoms with E-state index >= 15 is 0 Å². The molecule has 0 unspecified atom stereocenters. The van der Waals surface area contributed by atoms with Gasteiger partial charge >= 0.3 is 0 Å². The molecule has 2 saturated heterocycles. The Balaban J connectivity index is 1.44. The van der Waals surface area contributed by atoms with Crippen molar-refractivity contribution < 1.29 is 33.4 Å². The number of nitrogens with zero attached hydrogens (tertiary/aromatic N) is 2. The highest BCUT2D eigenvalue weighted by Gasteiger charge is 2.77. The number of amides is 4. The molecule has 0 radical (unpaired) electrons. The smallest absolute Gasteiger partial charge is 0.258 e. The Morgan fingerprint density at radius 2 is 1.49 bits per heavy atom. The Labute approximate surface area is 303 Å². The van der Waals surface area contributed by atoms with E-state index < -0.39 is 57.0 Å². The number of rotatable bonds is 4. The summed E-state index contributed by atoms with van der Waals surface area (Å²) in [5.41, 5.74) is 1.38. The van der Waals surface area contributed by atoms with Gasteiger partial charge in [0.1, 0.15) is 5.82 Å². The Bertz CT molecular complexity index is 1940. The van der Waals surface area contributed by atoms with Crippen LogP contribution >= 0.6 is 71.0 Å². The van der Waals surface area contributed by atoms with E-state index in [1.54, 1.807) is 24.3 Å². The summed E-state index contributed by atoms with van der Waals surface area (Å²) in [6.45, 7) is 0. The minimum absolute atomic E-state index is 0.0487. The lowest BCUT2D eigenvalue weighted by atomic mass is 9.56. The Kier molecular flexibility index (Phi) is 7.95. The molecule has 3 fully saturated rings. The van der Waals surface area contributed by atoms with Gasteiger partial charge in [0.05, 0.1) is 34.8 Å². The molecule has 0 bridgehead atoms. The van der Waals surface area contributed by atoms with Crippen LogP contribution < -0.4 is 14.5 Å². The second-order valence-corrected chi connectivity index (χ2v) is 15.6. The van der Waals surface area contributed by atoms with Gasteiger partial charge < -0.3 is 9.84 Å². The first-order valence-corrected chi connectivity index (χ1v) is 17.5. The van der Waals surface area contributed by atoms with Crippen LogP contribution in [0, 0.1) is 23.6 Å². The number of halogens is 6. The molecule has 7 rings (SSSR count). The Morgan fingerprint density at radius 3 is 2.13 bits per heavy atom. The molecule has 47 heavy (non-hydrogen) atoms. The Morgan fingerprint density at radius 1 is 0.872 bits per heavy atom. The molecule has 1 N–H and O–H groups in total. The second-order valence-electron chi connectivity index (χ2n) is 11.9. The number of hydrogen-bond donors (Lipinski definition) is 1. The number of aromatic hydroxyl groups is 1. The van der Waals surface area contributed by atoms with Crippen LogP contribution in [0.25, 0.3) is 0 Å². The van der Waals surface area contributed by atoms with E-state index in [2.05, 4.69) is 47.8 Å². The normalized spacial score (nSPS) is 29.9. The summed E-state index contributed by atoms with van der Waals surface area (Å²) in [4.78, 5) is 54.8. The Hall–Kier alpha value is -2.77. The van der Waals surface area contributed by atoms with Crippen LogP contribution in [0.2, 0.25) is 0 Å². The third-order valence-corrected chi connectivity index (χ3v) is 13.8. The molecular weight excluding hydrogens is 850 g/mol. The highest BCUT2D eigenvalue weighted by Crippen LogP contribution is 2.67. The predicted molar refractivity (Wildman–Crippen MR) is 183 cm³/mol. The van der Waals surface area contributed by atoms with Crippen molar-refractivity contribution >= 4 is 106 Å². The van der Waals surface area contributed by atoms with Crippen LogP contribution in [0.5, 0.6) is 11.5 Å². The lowest BCUT2D eigenvalue weighted by Gasteiger charge is -2.51. The minimum atomic E-state index is -2.16. The topological polar surface area (TPSA) is 104 Å². The number of carbonyl (C=O) groups excluding carboxylic acids is 4. The summed E-state index contributed by atoms with van der Waals surface area (Å²) in [6.07, 6.45) is 1.75. The third-order valence-electron chi connectivity index (χ3n) is 9.69. The zero-order valence-corrected chi connectivity index (χ0v) is 30.4. The monoisotopic (exact) mass is 868 g/mol. The highest BCUT2D eigenvalue weighted by molar-refractivity contribution is 9.13. The number of allylic oxidation sites excluding steroid dienone is 2. The van der Waals surface area contributed by atoms with Gasteiger partial charge in [-0.25, -0.2) is 9.29 Å². The first-order valence-electron chi connectivity index (χ1n) is 14.4. The SMILES string of the molecule is COc1cc([C@H]2C3=CC[C@@H]4C(=O)N(c5ccc(Br)cc5)C(=O)[C@@H]4[C@@H]3C[C@@]3(Cl)C(=O)N(c4ccc(F)cc4)C(=O)[C@@]23Cl)c(Br)c(Br)c1O. The molecule has 2 aliphatic carbocycles. The van der Waals surface area contributed by atoms with Crippen molar-refractivity contribution in [2.24, 2.45) is 17.8 Å². The van der Waals surface area contributed by atoms with E-state index in [1.807, 2.05) is 6.08 Å². The first kappa shape index (κ1) is 32.8. The van der Waals surface area contributed by atoms with Crippen molar-refractivity contribution in [3.8, 4) is 11.5 Å². The predicted octanol–water partition coefficient (Wildman–Crippen LogP) is 7.60. The van der Waals surface area contributed by atoms with E-state index in [1.165, 1.54) is 30.2 Å². The van der Waals surface area contributed by atoms with Crippen molar-refractivity contribution in [2.45, 2.75) is 28.5 Å². The third kappa shape index (κ3) is 4.47. The fourth-order valence-corrected chi connectivity index (χ4v) is 9.71. The van der Waals surface area contributed by atoms with Gasteiger partial charge in [-0.1, -0.05) is 27.6 Å². The van der Waals surface area contributed by atoms with Gasteiger partial charge in [-0.3, -0.25) is 24.1 Å². The fourth-order valence-electron chi connectivity index (χ4n) is 7.57. The van der Waals surface area contributed by atoms with Crippen LogP contribution in [0.4, 0.5) is 15.8 Å². The summed E-state index contributed by atoms with van der Waals surface area (Å²) in [5.74, 6) is -6.82. The molecule has 4 aliphatic rings. The molecule has 4 amide bonds. The number of methoxy groups -OCH3 is 1. The van der Waals surface area contributed by atoms with Crippen molar-refractivity contribution in [2.75, 3.05) is 16.9 Å². The van der Waals surface area contributed by atoms with Gasteiger partial charge in [-0.05, 0) is 111 Å². The van der Waals surface area contributed by atoms with Crippen LogP contribution in [-0.4, -0.2) is 45.6 Å². The quantitative estimate of drug-likeness (QED) is 0.165. The first-order chi connectivity index (χ1) is 22.3. The number of ether oxygens (including phenoxy) is 1. The van der Waals surface area contributed by atoms with Gasteiger partial charge in [-0.15, -0.1) is 23.2 Å². The molecule has 0 spiro atoms. The molecule has 1 saturated carbocycles. The van der Waals surface area contributed by atoms with Crippen molar-refractivity contribution in [3.05, 3.63) is 91.0 Å². The van der Waals surface area contributed by atoms with E-state index in [0.717, 1.165) is 21.5 Å². The van der Waals surface area contributed by atoms with Crippen molar-refractivity contribution in [3.63, 3.8) is 0 Å². The van der Waals surface area contributed by atoms with Crippen LogP contribution in [0.3, 0.4) is 0 Å². The number of imide groups is 2. The molecule has 0 aromatic heterocycles. The molecule has 14 heteroatoms. The highest BCUT2D eigenvalue weighted by atomic mass is 79.9. The number of phenols is 1. The molecule has 8 nitrogen and oxygen atoms in total. The standard InChI is InChI=1S/C33H22Br3Cl2FN2O6/c1-47-22-12-20(25(35)26(36)27(22)42)24-18-10-11-19-23(29(44)40(28(19)43)16-6-2-14(34)3-7-16)21(18)13-32(37)30(45)41(31(46)33(24,32)38)17-8-4-15(39)5-9-17/h2-10,12,19,21,23-24,42H,11,13H2,1H3/t19-,21+,23-,24+,32+,33-/m0/s1. The lowest BCUT2D eigenvalue weighted by Crippen LogP contribution is -2.60. The van der Waals surface area contributed by atoms with E-state index in [-0.39, 0.29) is 40.4 Å². The number of anilines is 2. The minimum Gasteiger partial charge on any atom is -0.503 e. The molecule has 3 aromatic rings. The van der Waals surface area contributed by atoms with Crippen LogP contribution in [-0.2, 0) is 19.2 Å². The second kappa shape index (κ2) is 11.4. The van der Waals surface area contributed by atoms with Crippen molar-refractivity contribution in [1.82, 2.24) is 0 Å². The van der Waals surface area contributed by atoms with E-state index in [4.69, 9.17) is 27.9 Å². The molecule has 2 aliphatic heterocycles. The van der Waals surface area contributed by atoms with Crippen molar-refractivity contribution in [1.29, 1.82) is 0 Å². The average molecular weight is 872 g/mol. The van der Waals surface area contributed by atoms with Crippen LogP contribution in [0.15, 0.2) is 79.7 Å². The van der Waals surface area contributed by atoms with E-state index in [0.29, 0.717) is 21.3 Å². The van der Waals surface area contributed by atoms with Gasteiger partial charge in [0.2, 0.25) is 11.8 Å². The number of phenolic OH excluding ortho intramolecular Hbond substituents is 1. The van der Waals surface area contributed by atoms with Gasteiger partial charge in [0.25, 0.3) is 11.8 Å². The summed E-state index contributed by atoms with van der Waals surface area (Å²) >= 11 is 25.2. The number of hydrogen-bond acceptors (Lipinski definition) is 6. The van der Waals surface area contributed by atoms with Gasteiger partial charge in [0.15, 0.2) is 21.2 Å². The summed E-state index contributed by atoms with van der Waals surface area (Å²) in [7, 11) is 1.36. The molecule has 2 heterocycles.